The van der Waals surface area contributed by atoms with E-state index in [-0.39, 0.29) is 22.8 Å². The molecule has 1 amide bonds. The molecule has 0 bridgehead atoms. The molecule has 0 aliphatic rings. The molecule has 182 valence electrons. The quantitative estimate of drug-likeness (QED) is 0.445. The second kappa shape index (κ2) is 11.1. The van der Waals surface area contributed by atoms with Crippen LogP contribution in [0.1, 0.15) is 55.5 Å². The normalized spacial score (nSPS) is 11.4. The van der Waals surface area contributed by atoms with Crippen molar-refractivity contribution in [2.24, 2.45) is 5.92 Å². The Morgan fingerprint density at radius 1 is 0.794 bits per heavy atom. The van der Waals surface area contributed by atoms with Gasteiger partial charge in [0.2, 0.25) is 5.76 Å². The maximum absolute atomic E-state index is 13.1. The van der Waals surface area contributed by atoms with E-state index in [9.17, 15) is 24.0 Å². The average Bonchev–Trinajstić information content (AvgIpc) is 3.25. The molecule has 1 aromatic carbocycles. The monoisotopic (exact) mass is 475 g/mol. The minimum absolute atomic E-state index is 0.0104. The second-order valence-corrected chi connectivity index (χ2v) is 7.25. The highest BCUT2D eigenvalue weighted by atomic mass is 16.5. The van der Waals surface area contributed by atoms with E-state index in [4.69, 9.17) is 18.6 Å². The molecule has 2 rings (SSSR count). The maximum Gasteiger partial charge on any atom is 0.374 e. The second-order valence-electron chi connectivity index (χ2n) is 7.25. The topological polar surface area (TPSA) is 147 Å². The molecule has 1 N–H and O–H groups in total. The number of ether oxygens (including phenoxy) is 4. The predicted octanol–water partition coefficient (Wildman–Crippen LogP) is 2.23. The molecular weight excluding hydrogens is 450 g/mol. The third kappa shape index (κ3) is 5.08. The Kier molecular flexibility index (Phi) is 8.54. The number of methoxy groups -OCH3 is 4. The highest BCUT2D eigenvalue weighted by Gasteiger charge is 2.37. The lowest BCUT2D eigenvalue weighted by atomic mass is 9.98. The van der Waals surface area contributed by atoms with Gasteiger partial charge in [-0.1, -0.05) is 32.0 Å². The van der Waals surface area contributed by atoms with Crippen molar-refractivity contribution >= 4 is 29.8 Å². The van der Waals surface area contributed by atoms with Crippen molar-refractivity contribution in [3.05, 3.63) is 46.7 Å². The van der Waals surface area contributed by atoms with Crippen LogP contribution in [0.5, 0.6) is 0 Å². The molecule has 0 saturated carbocycles. The van der Waals surface area contributed by atoms with Gasteiger partial charge >= 0.3 is 23.9 Å². The van der Waals surface area contributed by atoms with Crippen molar-refractivity contribution in [1.82, 2.24) is 5.32 Å². The molecule has 11 nitrogen and oxygen atoms in total. The first kappa shape index (κ1) is 26.1. The Labute approximate surface area is 195 Å². The molecule has 1 atom stereocenters. The van der Waals surface area contributed by atoms with E-state index >= 15 is 0 Å². The minimum atomic E-state index is -1.05. The molecule has 0 aliphatic carbocycles. The molecule has 0 saturated heterocycles. The summed E-state index contributed by atoms with van der Waals surface area (Å²) in [5.41, 5.74) is -0.902. The number of nitrogens with one attached hydrogen (secondary N) is 1. The van der Waals surface area contributed by atoms with Gasteiger partial charge in [-0.05, 0) is 12.0 Å². The fourth-order valence-electron chi connectivity index (χ4n) is 3.17. The van der Waals surface area contributed by atoms with E-state index in [0.29, 0.717) is 0 Å². The van der Waals surface area contributed by atoms with Crippen LogP contribution in [0.15, 0.2) is 28.7 Å². The van der Waals surface area contributed by atoms with E-state index in [0.717, 1.165) is 21.3 Å². The Balaban J connectivity index is 2.76. The summed E-state index contributed by atoms with van der Waals surface area (Å²) in [5, 5.41) is 2.59. The van der Waals surface area contributed by atoms with Crippen LogP contribution in [0, 0.1) is 5.92 Å². The molecule has 0 fully saturated rings. The van der Waals surface area contributed by atoms with Crippen LogP contribution in [0.25, 0.3) is 11.3 Å². The summed E-state index contributed by atoms with van der Waals surface area (Å²) in [6.07, 6.45) is 0. The summed E-state index contributed by atoms with van der Waals surface area (Å²) in [5.74, 6) is -5.64. The minimum Gasteiger partial charge on any atom is -0.467 e. The van der Waals surface area contributed by atoms with Gasteiger partial charge in [0.1, 0.15) is 17.2 Å². The molecule has 0 spiro atoms. The summed E-state index contributed by atoms with van der Waals surface area (Å²) in [6, 6.07) is 4.98. The zero-order valence-corrected chi connectivity index (χ0v) is 19.5. The van der Waals surface area contributed by atoms with E-state index in [1.807, 2.05) is 0 Å². The first-order valence-corrected chi connectivity index (χ1v) is 10.0. The summed E-state index contributed by atoms with van der Waals surface area (Å²) in [6.45, 7) is 3.45. The largest absolute Gasteiger partial charge is 0.467 e. The number of carbonyl (C=O) groups is 5. The van der Waals surface area contributed by atoms with Crippen molar-refractivity contribution < 1.29 is 47.3 Å². The fraction of sp³-hybridized carbons (Fsp3) is 0.348. The van der Waals surface area contributed by atoms with Gasteiger partial charge in [0, 0.05) is 5.56 Å². The van der Waals surface area contributed by atoms with E-state index in [2.05, 4.69) is 10.1 Å². The van der Waals surface area contributed by atoms with Crippen molar-refractivity contribution in [3.63, 3.8) is 0 Å². The Morgan fingerprint density at radius 3 is 1.88 bits per heavy atom. The van der Waals surface area contributed by atoms with Crippen LogP contribution in [0.3, 0.4) is 0 Å². The number of esters is 4. The molecule has 1 aromatic heterocycles. The van der Waals surface area contributed by atoms with Gasteiger partial charge in [-0.3, -0.25) is 4.79 Å². The van der Waals surface area contributed by atoms with E-state index in [1.165, 1.54) is 19.2 Å². The van der Waals surface area contributed by atoms with Gasteiger partial charge in [0.25, 0.3) is 5.91 Å². The van der Waals surface area contributed by atoms with Crippen molar-refractivity contribution in [2.45, 2.75) is 19.9 Å². The molecular formula is C23H25NO10. The van der Waals surface area contributed by atoms with Gasteiger partial charge in [-0.2, -0.15) is 0 Å². The van der Waals surface area contributed by atoms with Crippen molar-refractivity contribution in [3.8, 4) is 11.3 Å². The van der Waals surface area contributed by atoms with Crippen LogP contribution < -0.4 is 5.32 Å². The molecule has 1 unspecified atom stereocenters. The standard InChI is InChI=1S/C23H25NO10/c1-11(2)16(22(28)32-5)24-19(25)13-10-8-7-9-12(13)17-14(20(26)30-3)15(21(27)31-4)18(34-17)23(29)33-6/h7-11,16H,1-6H3,(H,24,25). The highest BCUT2D eigenvalue weighted by molar-refractivity contribution is 6.14. The number of hydrogen-bond acceptors (Lipinski definition) is 10. The molecule has 0 radical (unpaired) electrons. The SMILES string of the molecule is COC(=O)c1oc(-c2ccccc2C(=O)NC(C(=O)OC)C(C)C)c(C(=O)OC)c1C(=O)OC. The van der Waals surface area contributed by atoms with Gasteiger partial charge in [-0.15, -0.1) is 0 Å². The molecule has 34 heavy (non-hydrogen) atoms. The van der Waals surface area contributed by atoms with E-state index < -0.39 is 52.7 Å². The molecule has 2 aromatic rings. The Morgan fingerprint density at radius 2 is 1.35 bits per heavy atom. The highest BCUT2D eigenvalue weighted by Crippen LogP contribution is 2.35. The van der Waals surface area contributed by atoms with Gasteiger partial charge in [0.15, 0.2) is 5.76 Å². The zero-order chi connectivity index (χ0) is 25.6. The lowest BCUT2D eigenvalue weighted by Gasteiger charge is -2.20. The third-order valence-electron chi connectivity index (χ3n) is 4.88. The summed E-state index contributed by atoms with van der Waals surface area (Å²) < 4.78 is 24.5. The average molecular weight is 475 g/mol. The number of amides is 1. The number of benzene rings is 1. The maximum atomic E-state index is 13.1. The fourth-order valence-corrected chi connectivity index (χ4v) is 3.17. The van der Waals surface area contributed by atoms with Crippen LogP contribution in [-0.4, -0.2) is 64.3 Å². The summed E-state index contributed by atoms with van der Waals surface area (Å²) in [4.78, 5) is 62.6. The Hall–Kier alpha value is -4.15. The smallest absolute Gasteiger partial charge is 0.374 e. The lowest BCUT2D eigenvalue weighted by Crippen LogP contribution is -2.45. The first-order chi connectivity index (χ1) is 16.1. The zero-order valence-electron chi connectivity index (χ0n) is 19.5. The van der Waals surface area contributed by atoms with Crippen molar-refractivity contribution in [1.29, 1.82) is 0 Å². The predicted molar refractivity (Wildman–Crippen MR) is 116 cm³/mol. The van der Waals surface area contributed by atoms with Crippen LogP contribution in [-0.2, 0) is 23.7 Å². The molecule has 1 heterocycles. The first-order valence-electron chi connectivity index (χ1n) is 10.0. The number of hydrogen-bond donors (Lipinski definition) is 1. The summed E-state index contributed by atoms with van der Waals surface area (Å²) in [7, 11) is 4.38. The molecule has 11 heteroatoms. The van der Waals surface area contributed by atoms with Gasteiger partial charge < -0.3 is 28.7 Å². The number of furan rings is 1. The van der Waals surface area contributed by atoms with Crippen LogP contribution in [0.2, 0.25) is 0 Å². The van der Waals surface area contributed by atoms with Crippen LogP contribution in [0.4, 0.5) is 0 Å². The van der Waals surface area contributed by atoms with Crippen LogP contribution >= 0.6 is 0 Å². The number of rotatable bonds is 8. The van der Waals surface area contributed by atoms with E-state index in [1.54, 1.807) is 26.0 Å². The van der Waals surface area contributed by atoms with Gasteiger partial charge in [0.05, 0.1) is 34.0 Å². The Bertz CT molecular complexity index is 1110. The molecule has 0 aliphatic heterocycles. The number of carbonyl (C=O) groups excluding carboxylic acids is 5. The third-order valence-corrected chi connectivity index (χ3v) is 4.88. The summed E-state index contributed by atoms with van der Waals surface area (Å²) >= 11 is 0. The van der Waals surface area contributed by atoms with Crippen molar-refractivity contribution in [2.75, 3.05) is 28.4 Å². The lowest BCUT2D eigenvalue weighted by molar-refractivity contribution is -0.144. The van der Waals surface area contributed by atoms with Gasteiger partial charge in [-0.25, -0.2) is 19.2 Å².